The van der Waals surface area contributed by atoms with Gasteiger partial charge in [-0.1, -0.05) is 18.2 Å². The molecule has 1 aromatic carbocycles. The van der Waals surface area contributed by atoms with Crippen LogP contribution in [0.25, 0.3) is 0 Å². The summed E-state index contributed by atoms with van der Waals surface area (Å²) in [6.07, 6.45) is 5.15. The minimum Gasteiger partial charge on any atom is -0.353 e. The van der Waals surface area contributed by atoms with Crippen LogP contribution in [0, 0.1) is 11.5 Å². The van der Waals surface area contributed by atoms with Crippen molar-refractivity contribution >= 4 is 5.96 Å². The van der Waals surface area contributed by atoms with Gasteiger partial charge in [0.15, 0.2) is 0 Å². The minimum absolute atomic E-state index is 0.153. The topological polar surface area (TPSA) is 60.2 Å². The van der Waals surface area contributed by atoms with E-state index in [4.69, 9.17) is 5.26 Å². The number of nitrogens with zero attached hydrogens (tertiary/aromatic N) is 2. The molecule has 0 radical (unpaired) electrons. The Kier molecular flexibility index (Phi) is 4.73. The zero-order valence-corrected chi connectivity index (χ0v) is 10.7. The average Bonchev–Trinajstić information content (AvgIpc) is 2.90. The Labute approximate surface area is 112 Å². The van der Waals surface area contributed by atoms with Crippen LogP contribution in [0.1, 0.15) is 23.1 Å². The smallest absolute Gasteiger partial charge is 0.209 e. The van der Waals surface area contributed by atoms with Crippen molar-refractivity contribution in [3.05, 3.63) is 34.9 Å². The Morgan fingerprint density at radius 2 is 2.26 bits per heavy atom. The number of benzene rings is 1. The molecule has 19 heavy (non-hydrogen) atoms. The van der Waals surface area contributed by atoms with E-state index in [1.54, 1.807) is 6.19 Å². The summed E-state index contributed by atoms with van der Waals surface area (Å²) in [5.41, 5.74) is 4.04. The summed E-state index contributed by atoms with van der Waals surface area (Å²) in [7, 11) is 0. The number of aliphatic imine (C=N–C) groups is 1. The van der Waals surface area contributed by atoms with E-state index in [0.29, 0.717) is 12.5 Å². The van der Waals surface area contributed by atoms with Gasteiger partial charge in [-0.05, 0) is 36.0 Å². The van der Waals surface area contributed by atoms with Gasteiger partial charge in [-0.15, -0.1) is 4.99 Å². The summed E-state index contributed by atoms with van der Waals surface area (Å²) in [4.78, 5) is 3.60. The van der Waals surface area contributed by atoms with Crippen LogP contribution in [0.5, 0.6) is 0 Å². The van der Waals surface area contributed by atoms with Crippen LogP contribution in [-0.2, 0) is 19.4 Å². The van der Waals surface area contributed by atoms with Crippen LogP contribution in [0.3, 0.4) is 0 Å². The van der Waals surface area contributed by atoms with E-state index in [1.807, 2.05) is 0 Å². The van der Waals surface area contributed by atoms with Crippen LogP contribution >= 0.6 is 0 Å². The van der Waals surface area contributed by atoms with Crippen molar-refractivity contribution < 1.29 is 4.39 Å². The summed E-state index contributed by atoms with van der Waals surface area (Å²) < 4.78 is 12.1. The predicted octanol–water partition coefficient (Wildman–Crippen LogP) is 1.66. The maximum atomic E-state index is 12.1. The van der Waals surface area contributed by atoms with Crippen molar-refractivity contribution in [1.29, 1.82) is 5.26 Å². The minimum atomic E-state index is -0.493. The zero-order chi connectivity index (χ0) is 13.5. The third-order valence-electron chi connectivity index (χ3n) is 3.24. The first-order valence-corrected chi connectivity index (χ1v) is 6.45. The molecule has 0 saturated heterocycles. The Hall–Kier alpha value is -2.09. The van der Waals surface area contributed by atoms with Gasteiger partial charge in [0.25, 0.3) is 0 Å². The van der Waals surface area contributed by atoms with E-state index in [9.17, 15) is 4.39 Å². The van der Waals surface area contributed by atoms with Gasteiger partial charge in [0.2, 0.25) is 12.2 Å². The maximum Gasteiger partial charge on any atom is 0.209 e. The number of alkyl halides is 1. The molecule has 0 amide bonds. The molecule has 2 rings (SSSR count). The van der Waals surface area contributed by atoms with Crippen molar-refractivity contribution in [3.63, 3.8) is 0 Å². The highest BCUT2D eigenvalue weighted by Crippen LogP contribution is 2.24. The summed E-state index contributed by atoms with van der Waals surface area (Å²) in [5.74, 6) is 0.329. The fourth-order valence-corrected chi connectivity index (χ4v) is 2.40. The average molecular weight is 260 g/mol. The van der Waals surface area contributed by atoms with Crippen molar-refractivity contribution in [2.45, 2.75) is 25.8 Å². The molecular weight excluding hydrogens is 243 g/mol. The number of nitriles is 1. The second kappa shape index (κ2) is 6.74. The van der Waals surface area contributed by atoms with Gasteiger partial charge in [0.1, 0.15) is 6.67 Å². The third-order valence-corrected chi connectivity index (χ3v) is 3.24. The zero-order valence-electron chi connectivity index (χ0n) is 10.7. The van der Waals surface area contributed by atoms with Crippen molar-refractivity contribution in [2.75, 3.05) is 13.2 Å². The van der Waals surface area contributed by atoms with Gasteiger partial charge < -0.3 is 10.6 Å². The number of nitrogens with one attached hydrogen (secondary N) is 2. The molecule has 1 aliphatic carbocycles. The van der Waals surface area contributed by atoms with Gasteiger partial charge in [-0.3, -0.25) is 0 Å². The van der Waals surface area contributed by atoms with Crippen molar-refractivity contribution in [1.82, 2.24) is 10.6 Å². The van der Waals surface area contributed by atoms with Crippen molar-refractivity contribution in [2.24, 2.45) is 4.99 Å². The lowest BCUT2D eigenvalue weighted by atomic mass is 10.0. The molecule has 4 nitrogen and oxygen atoms in total. The number of guanidine groups is 1. The van der Waals surface area contributed by atoms with Gasteiger partial charge in [0.05, 0.1) is 0 Å². The van der Waals surface area contributed by atoms with E-state index >= 15 is 0 Å². The van der Waals surface area contributed by atoms with Crippen LogP contribution in [0.4, 0.5) is 4.39 Å². The monoisotopic (exact) mass is 260 g/mol. The molecule has 0 saturated carbocycles. The molecule has 0 bridgehead atoms. The predicted molar refractivity (Wildman–Crippen MR) is 72.3 cm³/mol. The summed E-state index contributed by atoms with van der Waals surface area (Å²) in [6.45, 7) is 0.260. The third kappa shape index (κ3) is 3.44. The maximum absolute atomic E-state index is 12.1. The van der Waals surface area contributed by atoms with E-state index in [1.165, 1.54) is 23.1 Å². The number of halogens is 1. The molecule has 0 fully saturated rings. The second-order valence-electron chi connectivity index (χ2n) is 4.44. The quantitative estimate of drug-likeness (QED) is 0.492. The standard InChI is InChI=1S/C14H17FN4/c15-7-8-17-14(19-10-16)18-9-12-5-1-3-11-4-2-6-13(11)12/h1,3,5H,2,4,6-9H2,(H2,17,18,19). The molecule has 100 valence electrons. The summed E-state index contributed by atoms with van der Waals surface area (Å²) in [5, 5.41) is 14.4. The molecule has 1 aliphatic rings. The first kappa shape index (κ1) is 13.3. The molecule has 1 aromatic rings. The molecule has 0 aromatic heterocycles. The van der Waals surface area contributed by atoms with E-state index < -0.39 is 6.67 Å². The van der Waals surface area contributed by atoms with Gasteiger partial charge in [-0.2, -0.15) is 5.26 Å². The van der Waals surface area contributed by atoms with Gasteiger partial charge in [0, 0.05) is 13.1 Å². The fourth-order valence-electron chi connectivity index (χ4n) is 2.40. The normalized spacial score (nSPS) is 13.8. The molecule has 2 N–H and O–H groups in total. The molecule has 0 atom stereocenters. The Morgan fingerprint density at radius 3 is 3.05 bits per heavy atom. The van der Waals surface area contributed by atoms with Crippen LogP contribution < -0.4 is 10.6 Å². The Morgan fingerprint density at radius 1 is 1.37 bits per heavy atom. The summed E-state index contributed by atoms with van der Waals surface area (Å²) >= 11 is 0. The fraction of sp³-hybridized carbons (Fsp3) is 0.429. The highest BCUT2D eigenvalue weighted by molar-refractivity contribution is 5.80. The van der Waals surface area contributed by atoms with E-state index in [0.717, 1.165) is 12.8 Å². The molecule has 0 aliphatic heterocycles. The highest BCUT2D eigenvalue weighted by Gasteiger charge is 2.14. The largest absolute Gasteiger partial charge is 0.353 e. The second-order valence-corrected chi connectivity index (χ2v) is 4.44. The first-order valence-electron chi connectivity index (χ1n) is 6.45. The van der Waals surface area contributed by atoms with Crippen molar-refractivity contribution in [3.8, 4) is 6.19 Å². The molecule has 0 spiro atoms. The first-order chi connectivity index (χ1) is 9.35. The van der Waals surface area contributed by atoms with Crippen LogP contribution in [0.2, 0.25) is 0 Å². The number of aryl methyl sites for hydroxylation is 1. The molecule has 0 unspecified atom stereocenters. The van der Waals surface area contributed by atoms with Gasteiger partial charge >= 0.3 is 0 Å². The lowest BCUT2D eigenvalue weighted by Crippen LogP contribution is -2.37. The lowest BCUT2D eigenvalue weighted by molar-refractivity contribution is 0.489. The highest BCUT2D eigenvalue weighted by atomic mass is 19.1. The molecular formula is C14H17FN4. The lowest BCUT2D eigenvalue weighted by Gasteiger charge is -2.12. The Balaban J connectivity index is 2.00. The molecule has 0 heterocycles. The van der Waals surface area contributed by atoms with E-state index in [2.05, 4.69) is 33.8 Å². The van der Waals surface area contributed by atoms with Crippen LogP contribution in [0.15, 0.2) is 23.2 Å². The number of rotatable bonds is 4. The van der Waals surface area contributed by atoms with E-state index in [-0.39, 0.29) is 6.54 Å². The van der Waals surface area contributed by atoms with Crippen LogP contribution in [-0.4, -0.2) is 19.2 Å². The summed E-state index contributed by atoms with van der Waals surface area (Å²) in [6, 6.07) is 6.30. The number of hydrogen-bond donors (Lipinski definition) is 2. The van der Waals surface area contributed by atoms with Gasteiger partial charge in [-0.25, -0.2) is 4.39 Å². The SMILES string of the molecule is N#C/N=C(/NCCF)NCc1cccc2c1CCC2. The molecule has 5 heteroatoms. The Bertz CT molecular complexity index is 505. The number of hydrogen-bond acceptors (Lipinski definition) is 2. The number of fused-ring (bicyclic) bond motifs is 1.